The molecule has 0 aromatic carbocycles. The molecule has 144 valence electrons. The fraction of sp³-hybridized carbons (Fsp3) is 1.00. The smallest absolute Gasteiger partial charge is 0.122 e. The second-order valence-corrected chi connectivity index (χ2v) is 8.71. The molecule has 5 unspecified atom stereocenters. The van der Waals surface area contributed by atoms with Gasteiger partial charge in [-0.25, -0.2) is 10.4 Å². The summed E-state index contributed by atoms with van der Waals surface area (Å²) in [6.45, 7) is 8.07. The summed E-state index contributed by atoms with van der Waals surface area (Å²) in [4.78, 5) is 2.45. The van der Waals surface area contributed by atoms with Gasteiger partial charge in [0.15, 0.2) is 0 Å². The van der Waals surface area contributed by atoms with Gasteiger partial charge < -0.3 is 9.47 Å². The number of fused-ring (bicyclic) bond motifs is 1. The maximum Gasteiger partial charge on any atom is 0.122 e. The summed E-state index contributed by atoms with van der Waals surface area (Å²) in [5.41, 5.74) is 3.71. The Labute approximate surface area is 153 Å². The van der Waals surface area contributed by atoms with E-state index in [4.69, 9.17) is 9.47 Å². The third kappa shape index (κ3) is 4.56. The van der Waals surface area contributed by atoms with Crippen LogP contribution in [0.25, 0.3) is 0 Å². The van der Waals surface area contributed by atoms with Crippen molar-refractivity contribution in [1.29, 1.82) is 0 Å². The number of morpholine rings is 1. The maximum atomic E-state index is 6.17. The molecule has 1 N–H and O–H groups in total. The molecule has 0 spiro atoms. The summed E-state index contributed by atoms with van der Waals surface area (Å²) in [5.74, 6) is 2.02. The van der Waals surface area contributed by atoms with Crippen LogP contribution in [0.15, 0.2) is 0 Å². The number of hydrogen-bond acceptors (Lipinski definition) is 5. The normalized spacial score (nSPS) is 40.9. The predicted octanol–water partition coefficient (Wildman–Crippen LogP) is 2.62. The number of nitrogens with zero attached hydrogens (tertiary/aromatic N) is 2. The van der Waals surface area contributed by atoms with Crippen molar-refractivity contribution in [2.75, 3.05) is 39.5 Å². The molecule has 4 fully saturated rings. The van der Waals surface area contributed by atoms with E-state index in [9.17, 15) is 0 Å². The number of rotatable bonds is 5. The fourth-order valence-corrected chi connectivity index (χ4v) is 5.59. The molecule has 0 bridgehead atoms. The molecule has 5 atom stereocenters. The highest BCUT2D eigenvalue weighted by Crippen LogP contribution is 2.42. The van der Waals surface area contributed by atoms with Gasteiger partial charge in [0.25, 0.3) is 0 Å². The van der Waals surface area contributed by atoms with Crippen molar-refractivity contribution in [3.63, 3.8) is 0 Å². The van der Waals surface area contributed by atoms with E-state index in [0.29, 0.717) is 6.04 Å². The first-order valence-corrected chi connectivity index (χ1v) is 10.8. The highest BCUT2D eigenvalue weighted by atomic mass is 16.5. The molecule has 0 radical (unpaired) electrons. The third-order valence-corrected chi connectivity index (χ3v) is 7.06. The fourth-order valence-electron chi connectivity index (χ4n) is 5.59. The van der Waals surface area contributed by atoms with E-state index in [1.165, 1.54) is 44.9 Å². The summed E-state index contributed by atoms with van der Waals surface area (Å²) < 4.78 is 11.6. The van der Waals surface area contributed by atoms with Crippen LogP contribution in [0, 0.1) is 11.8 Å². The summed E-state index contributed by atoms with van der Waals surface area (Å²) in [6, 6.07) is 1.32. The van der Waals surface area contributed by atoms with E-state index in [0.717, 1.165) is 63.8 Å². The van der Waals surface area contributed by atoms with Crippen molar-refractivity contribution in [3.8, 4) is 0 Å². The highest BCUT2D eigenvalue weighted by molar-refractivity contribution is 4.90. The Balaban J connectivity index is 1.21. The molecule has 4 rings (SSSR count). The van der Waals surface area contributed by atoms with Gasteiger partial charge in [0.2, 0.25) is 0 Å². The van der Waals surface area contributed by atoms with E-state index >= 15 is 0 Å². The quantitative estimate of drug-likeness (QED) is 0.824. The van der Waals surface area contributed by atoms with Crippen LogP contribution < -0.4 is 5.43 Å². The van der Waals surface area contributed by atoms with Gasteiger partial charge in [-0.2, -0.15) is 0 Å². The zero-order valence-corrected chi connectivity index (χ0v) is 16.0. The van der Waals surface area contributed by atoms with E-state index in [-0.39, 0.29) is 6.23 Å². The summed E-state index contributed by atoms with van der Waals surface area (Å²) in [5, 5.41) is 2.56. The molecule has 0 aromatic heterocycles. The van der Waals surface area contributed by atoms with Gasteiger partial charge in [0.05, 0.1) is 19.8 Å². The lowest BCUT2D eigenvalue weighted by atomic mass is 9.69. The Bertz CT molecular complexity index is 416. The molecular formula is C20H37N3O2. The molecule has 2 aliphatic carbocycles. The predicted molar refractivity (Wildman–Crippen MR) is 99.1 cm³/mol. The van der Waals surface area contributed by atoms with Crippen LogP contribution in [-0.4, -0.2) is 67.7 Å². The van der Waals surface area contributed by atoms with Crippen molar-refractivity contribution < 1.29 is 9.47 Å². The Morgan fingerprint density at radius 2 is 1.80 bits per heavy atom. The lowest BCUT2D eigenvalue weighted by molar-refractivity contribution is -0.0270. The van der Waals surface area contributed by atoms with Crippen LogP contribution in [0.5, 0.6) is 0 Å². The second-order valence-electron chi connectivity index (χ2n) is 8.71. The molecule has 2 heterocycles. The number of hydrazine groups is 1. The lowest BCUT2D eigenvalue weighted by Crippen LogP contribution is -2.50. The van der Waals surface area contributed by atoms with Gasteiger partial charge in [-0.3, -0.25) is 4.90 Å². The Hall–Kier alpha value is -0.200. The third-order valence-electron chi connectivity index (χ3n) is 7.06. The van der Waals surface area contributed by atoms with Crippen molar-refractivity contribution in [1.82, 2.24) is 15.3 Å². The summed E-state index contributed by atoms with van der Waals surface area (Å²) >= 11 is 0. The Morgan fingerprint density at radius 3 is 2.64 bits per heavy atom. The Kier molecular flexibility index (Phi) is 6.30. The standard InChI is InChI=1S/C20H37N3O2/c1-16-14-20(25-13-10-22-8-11-24-12-9-22)21-23(16)19-7-6-17-4-2-3-5-18(17)15-19/h16-21H,2-15H2,1H3. The first-order chi connectivity index (χ1) is 12.3. The summed E-state index contributed by atoms with van der Waals surface area (Å²) in [6.07, 6.45) is 11.5. The van der Waals surface area contributed by atoms with Gasteiger partial charge in [-0.05, 0) is 38.0 Å². The molecule has 0 aromatic rings. The van der Waals surface area contributed by atoms with Crippen molar-refractivity contribution in [3.05, 3.63) is 0 Å². The van der Waals surface area contributed by atoms with E-state index in [1.54, 1.807) is 0 Å². The van der Waals surface area contributed by atoms with Gasteiger partial charge in [0, 0.05) is 38.1 Å². The molecule has 4 aliphatic rings. The zero-order valence-electron chi connectivity index (χ0n) is 16.0. The summed E-state index contributed by atoms with van der Waals surface area (Å²) in [7, 11) is 0. The first kappa shape index (κ1) is 18.2. The van der Waals surface area contributed by atoms with Gasteiger partial charge in [-0.15, -0.1) is 0 Å². The molecule has 2 aliphatic heterocycles. The molecule has 5 heteroatoms. The molecule has 5 nitrogen and oxygen atoms in total. The van der Waals surface area contributed by atoms with Crippen molar-refractivity contribution in [2.24, 2.45) is 11.8 Å². The monoisotopic (exact) mass is 351 g/mol. The first-order valence-electron chi connectivity index (χ1n) is 10.8. The number of hydrogen-bond donors (Lipinski definition) is 1. The van der Waals surface area contributed by atoms with Crippen LogP contribution in [-0.2, 0) is 9.47 Å². The minimum absolute atomic E-state index is 0.208. The number of nitrogens with one attached hydrogen (secondary N) is 1. The zero-order chi connectivity index (χ0) is 17.1. The molecule has 2 saturated heterocycles. The largest absolute Gasteiger partial charge is 0.379 e. The van der Waals surface area contributed by atoms with Crippen molar-refractivity contribution in [2.45, 2.75) is 76.6 Å². The van der Waals surface area contributed by atoms with Crippen LogP contribution >= 0.6 is 0 Å². The van der Waals surface area contributed by atoms with Crippen LogP contribution in [0.3, 0.4) is 0 Å². The van der Waals surface area contributed by atoms with Crippen LogP contribution in [0.1, 0.15) is 58.3 Å². The minimum Gasteiger partial charge on any atom is -0.379 e. The van der Waals surface area contributed by atoms with Gasteiger partial charge >= 0.3 is 0 Å². The van der Waals surface area contributed by atoms with Crippen LogP contribution in [0.2, 0.25) is 0 Å². The van der Waals surface area contributed by atoms with Gasteiger partial charge in [0.1, 0.15) is 6.23 Å². The van der Waals surface area contributed by atoms with Gasteiger partial charge in [-0.1, -0.05) is 25.7 Å². The molecular weight excluding hydrogens is 314 g/mol. The molecule has 2 saturated carbocycles. The Morgan fingerprint density at radius 1 is 1.00 bits per heavy atom. The van der Waals surface area contributed by atoms with E-state index < -0.39 is 0 Å². The topological polar surface area (TPSA) is 37.0 Å². The second kappa shape index (κ2) is 8.66. The van der Waals surface area contributed by atoms with E-state index in [1.807, 2.05) is 0 Å². The maximum absolute atomic E-state index is 6.17. The van der Waals surface area contributed by atoms with Crippen LogP contribution in [0.4, 0.5) is 0 Å². The van der Waals surface area contributed by atoms with E-state index in [2.05, 4.69) is 22.3 Å². The van der Waals surface area contributed by atoms with Crippen molar-refractivity contribution >= 4 is 0 Å². The highest BCUT2D eigenvalue weighted by Gasteiger charge is 2.39. The lowest BCUT2D eigenvalue weighted by Gasteiger charge is -2.43. The minimum atomic E-state index is 0.208. The molecule has 25 heavy (non-hydrogen) atoms. The molecule has 0 amide bonds. The average molecular weight is 352 g/mol. The number of ether oxygens (including phenoxy) is 2. The SMILES string of the molecule is CC1CC(OCCN2CCOCC2)NN1C1CCC2CCCCC2C1. The average Bonchev–Trinajstić information content (AvgIpc) is 3.03.